The van der Waals surface area contributed by atoms with E-state index in [2.05, 4.69) is 31.1 Å². The predicted molar refractivity (Wildman–Crippen MR) is 69.9 cm³/mol. The molecule has 0 amide bonds. The van der Waals surface area contributed by atoms with Crippen LogP contribution in [0.2, 0.25) is 0 Å². The first kappa shape index (κ1) is 14.2. The third kappa shape index (κ3) is 5.33. The van der Waals surface area contributed by atoms with Crippen LogP contribution in [0.4, 0.5) is 0 Å². The molecule has 1 unspecified atom stereocenters. The maximum atomic E-state index is 5.55. The third-order valence-electron chi connectivity index (χ3n) is 2.78. The molecule has 0 aliphatic carbocycles. The first-order valence-electron chi connectivity index (χ1n) is 6.39. The summed E-state index contributed by atoms with van der Waals surface area (Å²) in [6, 6.07) is 0.267. The van der Waals surface area contributed by atoms with E-state index in [1.807, 2.05) is 24.0 Å². The van der Waals surface area contributed by atoms with E-state index < -0.39 is 0 Å². The third-order valence-corrected chi connectivity index (χ3v) is 2.78. The van der Waals surface area contributed by atoms with Gasteiger partial charge in [-0.15, -0.1) is 0 Å². The molecule has 1 heterocycles. The normalized spacial score (nSPS) is 13.2. The Kier molecular flexibility index (Phi) is 6.22. The minimum Gasteiger partial charge on any atom is -0.380 e. The lowest BCUT2D eigenvalue weighted by Gasteiger charge is -2.14. The summed E-state index contributed by atoms with van der Waals surface area (Å²) in [5.74, 6) is 1.78. The minimum absolute atomic E-state index is 0.267. The van der Waals surface area contributed by atoms with Gasteiger partial charge in [-0.05, 0) is 19.3 Å². The lowest BCUT2D eigenvalue weighted by atomic mass is 10.1. The summed E-state index contributed by atoms with van der Waals surface area (Å²) in [5.41, 5.74) is 0. The Morgan fingerprint density at radius 1 is 1.35 bits per heavy atom. The molecule has 0 radical (unpaired) electrons. The molecule has 17 heavy (non-hydrogen) atoms. The van der Waals surface area contributed by atoms with Crippen LogP contribution >= 0.6 is 0 Å². The highest BCUT2D eigenvalue weighted by atomic mass is 16.5. The van der Waals surface area contributed by atoms with Gasteiger partial charge in [0.2, 0.25) is 0 Å². The standard InChI is InChI=1S/C13H25N3O/c1-11(2)5-9-17-10-7-14-12(3)13-15-6-8-16(13)4/h6,8,11-12,14H,5,7,9-10H2,1-4H3. The van der Waals surface area contributed by atoms with E-state index >= 15 is 0 Å². The first-order chi connectivity index (χ1) is 8.11. The molecule has 0 saturated heterocycles. The van der Waals surface area contributed by atoms with Crippen LogP contribution in [0.25, 0.3) is 0 Å². The van der Waals surface area contributed by atoms with Crippen molar-refractivity contribution in [2.75, 3.05) is 19.8 Å². The number of ether oxygens (including phenoxy) is 1. The number of rotatable bonds is 8. The van der Waals surface area contributed by atoms with E-state index in [0.29, 0.717) is 0 Å². The highest BCUT2D eigenvalue weighted by Crippen LogP contribution is 2.07. The molecule has 4 heteroatoms. The van der Waals surface area contributed by atoms with Crippen LogP contribution in [-0.2, 0) is 11.8 Å². The number of aromatic nitrogens is 2. The topological polar surface area (TPSA) is 39.1 Å². The Morgan fingerprint density at radius 2 is 2.12 bits per heavy atom. The van der Waals surface area contributed by atoms with Gasteiger partial charge in [-0.2, -0.15) is 0 Å². The maximum absolute atomic E-state index is 5.55. The van der Waals surface area contributed by atoms with Gasteiger partial charge < -0.3 is 14.6 Å². The maximum Gasteiger partial charge on any atom is 0.125 e. The van der Waals surface area contributed by atoms with Gasteiger partial charge in [0.25, 0.3) is 0 Å². The van der Waals surface area contributed by atoms with Crippen LogP contribution in [-0.4, -0.2) is 29.3 Å². The Morgan fingerprint density at radius 3 is 2.71 bits per heavy atom. The lowest BCUT2D eigenvalue weighted by Crippen LogP contribution is -2.25. The monoisotopic (exact) mass is 239 g/mol. The molecule has 4 nitrogen and oxygen atoms in total. The van der Waals surface area contributed by atoms with Crippen LogP contribution in [0.1, 0.15) is 39.1 Å². The van der Waals surface area contributed by atoms with Crippen LogP contribution in [0.3, 0.4) is 0 Å². The Bertz CT molecular complexity index is 309. The van der Waals surface area contributed by atoms with Gasteiger partial charge >= 0.3 is 0 Å². The Balaban J connectivity index is 2.09. The fourth-order valence-corrected chi connectivity index (χ4v) is 1.65. The lowest BCUT2D eigenvalue weighted by molar-refractivity contribution is 0.123. The Labute approximate surface area is 104 Å². The molecule has 0 spiro atoms. The smallest absolute Gasteiger partial charge is 0.125 e. The highest BCUT2D eigenvalue weighted by molar-refractivity contribution is 4.96. The fraction of sp³-hybridized carbons (Fsp3) is 0.769. The van der Waals surface area contributed by atoms with Crippen LogP contribution in [0, 0.1) is 5.92 Å². The van der Waals surface area contributed by atoms with Gasteiger partial charge in [-0.3, -0.25) is 0 Å². The molecule has 98 valence electrons. The van der Waals surface area contributed by atoms with E-state index in [-0.39, 0.29) is 6.04 Å². The zero-order valence-electron chi connectivity index (χ0n) is 11.4. The zero-order chi connectivity index (χ0) is 12.7. The zero-order valence-corrected chi connectivity index (χ0v) is 11.4. The van der Waals surface area contributed by atoms with Gasteiger partial charge in [-0.25, -0.2) is 4.98 Å². The van der Waals surface area contributed by atoms with Crippen molar-refractivity contribution in [1.29, 1.82) is 0 Å². The van der Waals surface area contributed by atoms with E-state index in [0.717, 1.165) is 37.9 Å². The van der Waals surface area contributed by atoms with E-state index in [1.165, 1.54) is 0 Å². The first-order valence-corrected chi connectivity index (χ1v) is 6.39. The van der Waals surface area contributed by atoms with Gasteiger partial charge in [0.05, 0.1) is 12.6 Å². The quantitative estimate of drug-likeness (QED) is 0.706. The molecule has 0 aliphatic rings. The molecule has 1 rings (SSSR count). The van der Waals surface area contributed by atoms with E-state index in [1.54, 1.807) is 0 Å². The molecular weight excluding hydrogens is 214 g/mol. The number of imidazole rings is 1. The highest BCUT2D eigenvalue weighted by Gasteiger charge is 2.08. The largest absolute Gasteiger partial charge is 0.380 e. The number of aryl methyl sites for hydroxylation is 1. The van der Waals surface area contributed by atoms with Gasteiger partial charge in [0.15, 0.2) is 0 Å². The second kappa shape index (κ2) is 7.45. The van der Waals surface area contributed by atoms with E-state index in [4.69, 9.17) is 4.74 Å². The predicted octanol–water partition coefficient (Wildman–Crippen LogP) is 2.13. The summed E-state index contributed by atoms with van der Waals surface area (Å²) in [5, 5.41) is 3.41. The molecule has 0 aromatic carbocycles. The summed E-state index contributed by atoms with van der Waals surface area (Å²) in [4.78, 5) is 4.31. The number of nitrogens with one attached hydrogen (secondary N) is 1. The van der Waals surface area contributed by atoms with Crippen molar-refractivity contribution in [3.63, 3.8) is 0 Å². The molecule has 1 aromatic heterocycles. The second-order valence-corrected chi connectivity index (χ2v) is 4.87. The van der Waals surface area contributed by atoms with Crippen molar-refractivity contribution in [1.82, 2.24) is 14.9 Å². The summed E-state index contributed by atoms with van der Waals surface area (Å²) >= 11 is 0. The van der Waals surface area contributed by atoms with Crippen molar-refractivity contribution in [3.8, 4) is 0 Å². The molecule has 0 saturated carbocycles. The van der Waals surface area contributed by atoms with Crippen molar-refractivity contribution in [2.45, 2.75) is 33.2 Å². The molecule has 0 fully saturated rings. The summed E-state index contributed by atoms with van der Waals surface area (Å²) in [7, 11) is 2.01. The van der Waals surface area contributed by atoms with Gasteiger partial charge in [0, 0.05) is 32.6 Å². The summed E-state index contributed by atoms with van der Waals surface area (Å²) in [6.45, 7) is 9.04. The average Bonchev–Trinajstić information content (AvgIpc) is 2.69. The summed E-state index contributed by atoms with van der Waals surface area (Å²) < 4.78 is 7.59. The van der Waals surface area contributed by atoms with Gasteiger partial charge in [-0.1, -0.05) is 13.8 Å². The number of hydrogen-bond acceptors (Lipinski definition) is 3. The molecule has 1 N–H and O–H groups in total. The minimum atomic E-state index is 0.267. The van der Waals surface area contributed by atoms with Crippen molar-refractivity contribution in [3.05, 3.63) is 18.2 Å². The fourth-order valence-electron chi connectivity index (χ4n) is 1.65. The van der Waals surface area contributed by atoms with Crippen molar-refractivity contribution < 1.29 is 4.74 Å². The SMILES string of the molecule is CC(C)CCOCCNC(C)c1nccn1C. The van der Waals surface area contributed by atoms with Crippen LogP contribution in [0.5, 0.6) is 0 Å². The molecule has 0 bridgehead atoms. The number of hydrogen-bond donors (Lipinski definition) is 1. The number of nitrogens with zero attached hydrogens (tertiary/aromatic N) is 2. The van der Waals surface area contributed by atoms with Crippen LogP contribution in [0.15, 0.2) is 12.4 Å². The van der Waals surface area contributed by atoms with E-state index in [9.17, 15) is 0 Å². The second-order valence-electron chi connectivity index (χ2n) is 4.87. The average molecular weight is 239 g/mol. The molecule has 1 aromatic rings. The molecule has 0 aliphatic heterocycles. The Hall–Kier alpha value is -0.870. The van der Waals surface area contributed by atoms with Crippen molar-refractivity contribution in [2.24, 2.45) is 13.0 Å². The molecule has 1 atom stereocenters. The summed E-state index contributed by atoms with van der Waals surface area (Å²) in [6.07, 6.45) is 4.92. The van der Waals surface area contributed by atoms with Crippen LogP contribution < -0.4 is 5.32 Å². The van der Waals surface area contributed by atoms with Gasteiger partial charge in [0.1, 0.15) is 5.82 Å². The van der Waals surface area contributed by atoms with Crippen molar-refractivity contribution >= 4 is 0 Å². The molecular formula is C13H25N3O.